The summed E-state index contributed by atoms with van der Waals surface area (Å²) in [7, 11) is 0. The Morgan fingerprint density at radius 2 is 1.67 bits per heavy atom. The Hall–Kier alpha value is -3.40. The molecule has 2 aromatic carbocycles. The average Bonchev–Trinajstić information content (AvgIpc) is 3.25. The Labute approximate surface area is 136 Å². The standard InChI is InChI=1S/C20H11N3O/c1-2-6-17-12(4-1)14-10-16-15(11-18(14)24-17)19-13(5-3-7-21-19)20-22-8-9-23(16)20/h1-11H. The lowest BCUT2D eigenvalue weighted by atomic mass is 10.1. The van der Waals surface area contributed by atoms with E-state index in [9.17, 15) is 0 Å². The van der Waals surface area contributed by atoms with Crippen LogP contribution in [0.5, 0.6) is 0 Å². The van der Waals surface area contributed by atoms with E-state index in [4.69, 9.17) is 4.42 Å². The molecule has 24 heavy (non-hydrogen) atoms. The number of imidazole rings is 1. The minimum absolute atomic E-state index is 0.884. The first kappa shape index (κ1) is 12.1. The molecule has 4 nitrogen and oxygen atoms in total. The minimum Gasteiger partial charge on any atom is -0.456 e. The average molecular weight is 309 g/mol. The highest BCUT2D eigenvalue weighted by molar-refractivity contribution is 6.16. The van der Waals surface area contributed by atoms with Gasteiger partial charge in [-0.25, -0.2) is 4.98 Å². The van der Waals surface area contributed by atoms with Gasteiger partial charge in [0.1, 0.15) is 16.8 Å². The van der Waals surface area contributed by atoms with Crippen molar-refractivity contribution in [3.05, 3.63) is 67.1 Å². The van der Waals surface area contributed by atoms with Crippen molar-refractivity contribution in [2.24, 2.45) is 0 Å². The van der Waals surface area contributed by atoms with Crippen LogP contribution in [0.1, 0.15) is 0 Å². The first-order valence-corrected chi connectivity index (χ1v) is 7.85. The maximum atomic E-state index is 6.05. The molecule has 4 heteroatoms. The largest absolute Gasteiger partial charge is 0.456 e. The predicted molar refractivity (Wildman–Crippen MR) is 95.3 cm³/mol. The van der Waals surface area contributed by atoms with E-state index in [2.05, 4.69) is 38.6 Å². The summed E-state index contributed by atoms with van der Waals surface area (Å²) in [5, 5.41) is 4.36. The van der Waals surface area contributed by atoms with Gasteiger partial charge in [0.15, 0.2) is 0 Å². The second kappa shape index (κ2) is 4.11. The molecule has 0 fully saturated rings. The van der Waals surface area contributed by atoms with Crippen LogP contribution in [0.2, 0.25) is 0 Å². The van der Waals surface area contributed by atoms with E-state index in [0.29, 0.717) is 0 Å². The number of aromatic nitrogens is 3. The lowest BCUT2D eigenvalue weighted by Gasteiger charge is -2.07. The molecule has 0 saturated heterocycles. The fourth-order valence-electron chi connectivity index (χ4n) is 3.65. The second-order valence-corrected chi connectivity index (χ2v) is 5.98. The van der Waals surface area contributed by atoms with Crippen LogP contribution in [-0.4, -0.2) is 14.4 Å². The predicted octanol–water partition coefficient (Wildman–Crippen LogP) is 4.94. The Balaban J connectivity index is 1.97. The summed E-state index contributed by atoms with van der Waals surface area (Å²) in [6, 6.07) is 16.4. The Morgan fingerprint density at radius 1 is 0.750 bits per heavy atom. The van der Waals surface area contributed by atoms with Gasteiger partial charge in [0.25, 0.3) is 0 Å². The zero-order valence-corrected chi connectivity index (χ0v) is 12.6. The van der Waals surface area contributed by atoms with Gasteiger partial charge in [-0.2, -0.15) is 0 Å². The molecule has 4 heterocycles. The summed E-state index contributed by atoms with van der Waals surface area (Å²) < 4.78 is 8.18. The first-order valence-electron chi connectivity index (χ1n) is 7.85. The Kier molecular flexibility index (Phi) is 2.07. The molecule has 112 valence electrons. The number of rotatable bonds is 0. The van der Waals surface area contributed by atoms with Crippen LogP contribution >= 0.6 is 0 Å². The number of nitrogens with zero attached hydrogens (tertiary/aromatic N) is 3. The molecule has 0 aliphatic rings. The topological polar surface area (TPSA) is 43.3 Å². The van der Waals surface area contributed by atoms with E-state index in [1.54, 1.807) is 0 Å². The molecule has 0 radical (unpaired) electrons. The number of hydrogen-bond donors (Lipinski definition) is 0. The van der Waals surface area contributed by atoms with Gasteiger partial charge < -0.3 is 4.42 Å². The van der Waals surface area contributed by atoms with Gasteiger partial charge >= 0.3 is 0 Å². The highest BCUT2D eigenvalue weighted by atomic mass is 16.3. The van der Waals surface area contributed by atoms with Crippen LogP contribution in [0.25, 0.3) is 49.4 Å². The van der Waals surface area contributed by atoms with Gasteiger partial charge in [-0.3, -0.25) is 9.38 Å². The fourth-order valence-corrected chi connectivity index (χ4v) is 3.65. The zero-order chi connectivity index (χ0) is 15.7. The third-order valence-corrected chi connectivity index (χ3v) is 4.70. The Morgan fingerprint density at radius 3 is 2.67 bits per heavy atom. The van der Waals surface area contributed by atoms with E-state index >= 15 is 0 Å². The summed E-state index contributed by atoms with van der Waals surface area (Å²) in [6.45, 7) is 0. The lowest BCUT2D eigenvalue weighted by molar-refractivity contribution is 0.669. The molecule has 6 aromatic rings. The fraction of sp³-hybridized carbons (Fsp3) is 0. The molecule has 0 aliphatic heterocycles. The maximum absolute atomic E-state index is 6.05. The van der Waals surface area contributed by atoms with Crippen molar-refractivity contribution in [2.75, 3.05) is 0 Å². The third kappa shape index (κ3) is 1.38. The van der Waals surface area contributed by atoms with Crippen molar-refractivity contribution in [1.82, 2.24) is 14.4 Å². The zero-order valence-electron chi connectivity index (χ0n) is 12.6. The molecular formula is C20H11N3O. The van der Waals surface area contributed by atoms with Crippen LogP contribution in [0.15, 0.2) is 71.5 Å². The molecule has 0 atom stereocenters. The van der Waals surface area contributed by atoms with Crippen molar-refractivity contribution in [3.8, 4) is 0 Å². The molecule has 4 aromatic heterocycles. The van der Waals surface area contributed by atoms with Gasteiger partial charge in [0.2, 0.25) is 0 Å². The summed E-state index contributed by atoms with van der Waals surface area (Å²) in [6.07, 6.45) is 5.65. The highest BCUT2D eigenvalue weighted by Crippen LogP contribution is 2.35. The van der Waals surface area contributed by atoms with Gasteiger partial charge in [-0.05, 0) is 30.3 Å². The van der Waals surface area contributed by atoms with E-state index in [-0.39, 0.29) is 0 Å². The molecule has 6 rings (SSSR count). The number of pyridine rings is 2. The van der Waals surface area contributed by atoms with Crippen molar-refractivity contribution < 1.29 is 4.42 Å². The van der Waals surface area contributed by atoms with Crippen LogP contribution in [0.3, 0.4) is 0 Å². The van der Waals surface area contributed by atoms with Crippen LogP contribution < -0.4 is 0 Å². The van der Waals surface area contributed by atoms with Crippen molar-refractivity contribution in [2.45, 2.75) is 0 Å². The SMILES string of the molecule is c1ccc2c(c1)oc1cc3c4ncccc4c4nccn4c3cc12. The number of fused-ring (bicyclic) bond motifs is 9. The molecule has 0 bridgehead atoms. The van der Waals surface area contributed by atoms with E-state index < -0.39 is 0 Å². The van der Waals surface area contributed by atoms with E-state index in [1.807, 2.05) is 42.9 Å². The van der Waals surface area contributed by atoms with Gasteiger partial charge in [-0.15, -0.1) is 0 Å². The molecule has 0 spiro atoms. The summed E-state index contributed by atoms with van der Waals surface area (Å²) in [4.78, 5) is 9.13. The number of furan rings is 1. The molecule has 0 N–H and O–H groups in total. The summed E-state index contributed by atoms with van der Waals surface area (Å²) in [5.74, 6) is 0. The molecule has 0 saturated carbocycles. The highest BCUT2D eigenvalue weighted by Gasteiger charge is 2.14. The van der Waals surface area contributed by atoms with E-state index in [1.165, 1.54) is 0 Å². The number of para-hydroxylation sites is 1. The van der Waals surface area contributed by atoms with Crippen LogP contribution in [-0.2, 0) is 0 Å². The third-order valence-electron chi connectivity index (χ3n) is 4.70. The smallest absolute Gasteiger partial charge is 0.146 e. The number of benzene rings is 2. The Bertz CT molecular complexity index is 1410. The van der Waals surface area contributed by atoms with E-state index in [0.717, 1.165) is 49.4 Å². The summed E-state index contributed by atoms with van der Waals surface area (Å²) in [5.41, 5.74) is 4.76. The molecule has 0 unspecified atom stereocenters. The molecular weight excluding hydrogens is 298 g/mol. The van der Waals surface area contributed by atoms with Crippen molar-refractivity contribution in [3.63, 3.8) is 0 Å². The lowest BCUT2D eigenvalue weighted by Crippen LogP contribution is -1.91. The monoisotopic (exact) mass is 309 g/mol. The number of hydrogen-bond acceptors (Lipinski definition) is 3. The van der Waals surface area contributed by atoms with Gasteiger partial charge in [0, 0.05) is 40.1 Å². The summed E-state index contributed by atoms with van der Waals surface area (Å²) >= 11 is 0. The van der Waals surface area contributed by atoms with Crippen molar-refractivity contribution >= 4 is 49.4 Å². The molecule has 0 aliphatic carbocycles. The van der Waals surface area contributed by atoms with Crippen molar-refractivity contribution in [1.29, 1.82) is 0 Å². The second-order valence-electron chi connectivity index (χ2n) is 5.98. The van der Waals surface area contributed by atoms with Gasteiger partial charge in [-0.1, -0.05) is 18.2 Å². The van der Waals surface area contributed by atoms with Crippen LogP contribution in [0, 0.1) is 0 Å². The normalized spacial score (nSPS) is 12.2. The maximum Gasteiger partial charge on any atom is 0.146 e. The van der Waals surface area contributed by atoms with Crippen LogP contribution in [0.4, 0.5) is 0 Å². The quantitative estimate of drug-likeness (QED) is 0.373. The first-order chi connectivity index (χ1) is 11.9. The minimum atomic E-state index is 0.884. The van der Waals surface area contributed by atoms with Gasteiger partial charge in [0.05, 0.1) is 11.0 Å². The molecule has 0 amide bonds.